The summed E-state index contributed by atoms with van der Waals surface area (Å²) < 4.78 is 37.4. The minimum atomic E-state index is -0.552. The first-order valence-corrected chi connectivity index (χ1v) is 16.8. The number of halogens is 1. The lowest BCUT2D eigenvalue weighted by Gasteiger charge is -2.40. The highest BCUT2D eigenvalue weighted by molar-refractivity contribution is 8.74. The molecule has 0 bridgehead atoms. The van der Waals surface area contributed by atoms with Crippen LogP contribution in [0.25, 0.3) is 0 Å². The highest BCUT2D eigenvalue weighted by Crippen LogP contribution is 2.49. The third-order valence-corrected chi connectivity index (χ3v) is 8.50. The van der Waals surface area contributed by atoms with E-state index in [1.807, 2.05) is 13.8 Å². The highest BCUT2D eigenvalue weighted by Gasteiger charge is 2.58. The number of hydrogen-bond acceptors (Lipinski definition) is 10. The van der Waals surface area contributed by atoms with Gasteiger partial charge in [0.15, 0.2) is 0 Å². The Hall–Kier alpha value is -1.74. The first-order chi connectivity index (χ1) is 20.1. The Balaban J connectivity index is 1.65. The maximum atomic E-state index is 12.9. The minimum Gasteiger partial charge on any atom is -0.447 e. The molecule has 0 aromatic heterocycles. The van der Waals surface area contributed by atoms with Gasteiger partial charge in [-0.25, -0.2) is 14.3 Å². The summed E-state index contributed by atoms with van der Waals surface area (Å²) >= 11 is 0.0591. The SMILES string of the molecule is COC1C(OC(=O)N[C@@H](COC(=O)NCCCCCCNC(=O)CNSSF)C(C)C)CCC2(CO2)C1CC=C(C)C. The minimum absolute atomic E-state index is 0.0149. The number of rotatable bonds is 19. The summed E-state index contributed by atoms with van der Waals surface area (Å²) in [4.78, 5) is 36.6. The molecule has 5 atom stereocenters. The van der Waals surface area contributed by atoms with Crippen LogP contribution in [-0.4, -0.2) is 81.9 Å². The molecule has 1 saturated heterocycles. The Morgan fingerprint density at radius 2 is 1.79 bits per heavy atom. The second kappa shape index (κ2) is 19.5. The van der Waals surface area contributed by atoms with Crippen molar-refractivity contribution < 1.29 is 37.2 Å². The van der Waals surface area contributed by atoms with Crippen LogP contribution in [0.15, 0.2) is 11.6 Å². The van der Waals surface area contributed by atoms with E-state index in [2.05, 4.69) is 40.6 Å². The molecule has 242 valence electrons. The van der Waals surface area contributed by atoms with E-state index in [9.17, 15) is 18.3 Å². The molecule has 0 aromatic rings. The largest absolute Gasteiger partial charge is 0.447 e. The van der Waals surface area contributed by atoms with Gasteiger partial charge in [-0.2, -0.15) is 3.89 Å². The number of epoxide rings is 1. The number of ether oxygens (including phenoxy) is 4. The number of allylic oxidation sites excluding steroid dienone is 2. The highest BCUT2D eigenvalue weighted by atomic mass is 33.1. The number of hydrogen-bond donors (Lipinski definition) is 4. The van der Waals surface area contributed by atoms with Gasteiger partial charge in [0.2, 0.25) is 5.91 Å². The van der Waals surface area contributed by atoms with Crippen molar-refractivity contribution in [3.8, 4) is 0 Å². The lowest BCUT2D eigenvalue weighted by Crippen LogP contribution is -2.52. The summed E-state index contributed by atoms with van der Waals surface area (Å²) in [6.07, 6.45) is 6.09. The van der Waals surface area contributed by atoms with E-state index in [-0.39, 0.29) is 53.8 Å². The molecule has 1 aliphatic carbocycles. The van der Waals surface area contributed by atoms with Crippen LogP contribution in [0.4, 0.5) is 13.5 Å². The molecule has 4 N–H and O–H groups in total. The molecule has 1 aliphatic heterocycles. The fourth-order valence-corrected chi connectivity index (χ4v) is 5.59. The first kappa shape index (κ1) is 36.5. The third-order valence-electron chi connectivity index (χ3n) is 7.64. The zero-order valence-electron chi connectivity index (χ0n) is 25.5. The second-order valence-corrected chi connectivity index (χ2v) is 12.9. The summed E-state index contributed by atoms with van der Waals surface area (Å²) in [6, 6.07) is -0.410. The number of carbonyl (C=O) groups is 3. The van der Waals surface area contributed by atoms with Crippen LogP contribution < -0.4 is 20.7 Å². The van der Waals surface area contributed by atoms with Gasteiger partial charge < -0.3 is 34.9 Å². The van der Waals surface area contributed by atoms with Crippen molar-refractivity contribution in [2.75, 3.05) is 40.0 Å². The van der Waals surface area contributed by atoms with Crippen LogP contribution in [0.2, 0.25) is 0 Å². The number of alkyl carbamates (subject to hydrolysis) is 2. The van der Waals surface area contributed by atoms with Gasteiger partial charge >= 0.3 is 12.2 Å². The van der Waals surface area contributed by atoms with Crippen LogP contribution in [0.3, 0.4) is 0 Å². The van der Waals surface area contributed by atoms with Gasteiger partial charge in [-0.15, -0.1) is 0 Å². The van der Waals surface area contributed by atoms with Crippen molar-refractivity contribution >= 4 is 40.3 Å². The number of unbranched alkanes of at least 4 members (excludes halogenated alkanes) is 3. The maximum absolute atomic E-state index is 12.9. The standard InChI is InChI=1S/C28H49FN4O7S2/c1-19(2)10-11-21-25(37-5)23(12-13-28(21)18-39-28)40-27(36)33-22(20(3)4)17-38-26(35)31-15-9-7-6-8-14-30-24(34)16-32-42-41-29/h10,20-23,25,32H,6-9,11-18H2,1-5H3,(H,30,34)(H,31,35)(H,33,36)/t21?,22-,23?,25?,28?/m0/s1. The fourth-order valence-electron chi connectivity index (χ4n) is 5.04. The van der Waals surface area contributed by atoms with Crippen molar-refractivity contribution in [1.29, 1.82) is 0 Å². The molecule has 11 nitrogen and oxygen atoms in total. The molecule has 3 amide bonds. The lowest BCUT2D eigenvalue weighted by molar-refractivity contribution is -0.119. The van der Waals surface area contributed by atoms with E-state index in [0.29, 0.717) is 26.1 Å². The molecule has 2 fully saturated rings. The summed E-state index contributed by atoms with van der Waals surface area (Å²) in [6.45, 7) is 9.81. The average Bonchev–Trinajstić information content (AvgIpc) is 3.72. The Kier molecular flexibility index (Phi) is 16.9. The van der Waals surface area contributed by atoms with E-state index in [4.69, 9.17) is 18.9 Å². The third kappa shape index (κ3) is 13.3. The molecule has 4 unspecified atom stereocenters. The summed E-state index contributed by atoms with van der Waals surface area (Å²) in [5.74, 6) is -0.0547. The lowest BCUT2D eigenvalue weighted by atomic mass is 9.73. The van der Waals surface area contributed by atoms with Gasteiger partial charge in [-0.05, 0) is 51.9 Å². The van der Waals surface area contributed by atoms with E-state index < -0.39 is 24.3 Å². The summed E-state index contributed by atoms with van der Waals surface area (Å²) in [7, 11) is 2.42. The Morgan fingerprint density at radius 3 is 2.38 bits per heavy atom. The Bertz CT molecular complexity index is 875. The predicted molar refractivity (Wildman–Crippen MR) is 163 cm³/mol. The van der Waals surface area contributed by atoms with Crippen molar-refractivity contribution in [1.82, 2.24) is 20.7 Å². The van der Waals surface area contributed by atoms with Gasteiger partial charge in [-0.3, -0.25) is 4.79 Å². The van der Waals surface area contributed by atoms with Crippen molar-refractivity contribution in [2.45, 2.75) is 96.5 Å². The molecule has 42 heavy (non-hydrogen) atoms. The predicted octanol–water partition coefficient (Wildman–Crippen LogP) is 4.83. The normalized spacial score (nSPS) is 23.6. The van der Waals surface area contributed by atoms with E-state index in [0.717, 1.165) is 49.5 Å². The molecule has 14 heteroatoms. The van der Waals surface area contributed by atoms with Crippen molar-refractivity contribution in [3.05, 3.63) is 11.6 Å². The van der Waals surface area contributed by atoms with Crippen LogP contribution >= 0.6 is 22.2 Å². The Labute approximate surface area is 257 Å². The second-order valence-electron chi connectivity index (χ2n) is 11.4. The van der Waals surface area contributed by atoms with E-state index in [1.165, 1.54) is 5.57 Å². The number of amides is 3. The van der Waals surface area contributed by atoms with Gasteiger partial charge in [-0.1, -0.05) is 38.3 Å². The van der Waals surface area contributed by atoms with Crippen LogP contribution in [-0.2, 0) is 23.7 Å². The van der Waals surface area contributed by atoms with Gasteiger partial charge in [0.05, 0.1) is 24.8 Å². The summed E-state index contributed by atoms with van der Waals surface area (Å²) in [5, 5.41) is 8.36. The molecule has 1 heterocycles. The quantitative estimate of drug-likeness (QED) is 0.0513. The molecular formula is C28H49FN4O7S2. The molecular weight excluding hydrogens is 587 g/mol. The monoisotopic (exact) mass is 636 g/mol. The van der Waals surface area contributed by atoms with Crippen molar-refractivity contribution in [2.24, 2.45) is 11.8 Å². The Morgan fingerprint density at radius 1 is 1.10 bits per heavy atom. The molecule has 2 aliphatic rings. The molecule has 2 rings (SSSR count). The topological polar surface area (TPSA) is 140 Å². The number of carbonyl (C=O) groups excluding carboxylic acids is 3. The first-order valence-electron chi connectivity index (χ1n) is 14.7. The number of methoxy groups -OCH3 is 1. The van der Waals surface area contributed by atoms with Gasteiger partial charge in [0, 0.05) is 37.1 Å². The van der Waals surface area contributed by atoms with Gasteiger partial charge in [0.1, 0.15) is 30.0 Å². The van der Waals surface area contributed by atoms with Crippen LogP contribution in [0.1, 0.15) is 72.6 Å². The zero-order chi connectivity index (χ0) is 31.0. The van der Waals surface area contributed by atoms with Gasteiger partial charge in [0.25, 0.3) is 0 Å². The molecule has 1 spiro atoms. The smallest absolute Gasteiger partial charge is 0.407 e. The molecule has 0 aromatic carbocycles. The van der Waals surface area contributed by atoms with E-state index in [1.54, 1.807) is 7.11 Å². The molecule has 1 saturated carbocycles. The van der Waals surface area contributed by atoms with Crippen LogP contribution in [0, 0.1) is 11.8 Å². The van der Waals surface area contributed by atoms with Crippen molar-refractivity contribution in [3.63, 3.8) is 0 Å². The fraction of sp³-hybridized carbons (Fsp3) is 0.821. The number of nitrogens with one attached hydrogen (secondary N) is 4. The zero-order valence-corrected chi connectivity index (χ0v) is 27.1. The van der Waals surface area contributed by atoms with Crippen LogP contribution in [0.5, 0.6) is 0 Å². The maximum Gasteiger partial charge on any atom is 0.407 e. The van der Waals surface area contributed by atoms with E-state index >= 15 is 0 Å². The molecule has 0 radical (unpaired) electrons. The summed E-state index contributed by atoms with van der Waals surface area (Å²) in [5.41, 5.74) is 1.04. The average molecular weight is 637 g/mol.